The van der Waals surface area contributed by atoms with Crippen LogP contribution >= 0.6 is 11.6 Å². The molecule has 2 aromatic carbocycles. The Hall–Kier alpha value is -1.67. The molecule has 0 amide bonds. The summed E-state index contributed by atoms with van der Waals surface area (Å²) in [5, 5.41) is 0. The number of benzene rings is 2. The summed E-state index contributed by atoms with van der Waals surface area (Å²) in [7, 11) is 1.66. The first-order valence-electron chi connectivity index (χ1n) is 5.73. The second kappa shape index (κ2) is 6.31. The molecule has 0 bridgehead atoms. The molecule has 94 valence electrons. The summed E-state index contributed by atoms with van der Waals surface area (Å²) in [6, 6.07) is 15.6. The van der Waals surface area contributed by atoms with Gasteiger partial charge in [0.25, 0.3) is 0 Å². The average molecular weight is 263 g/mol. The van der Waals surface area contributed by atoms with Crippen LogP contribution in [0.1, 0.15) is 11.1 Å². The number of alkyl halides is 1. The lowest BCUT2D eigenvalue weighted by Gasteiger charge is -2.10. The Morgan fingerprint density at radius 2 is 1.89 bits per heavy atom. The maximum Gasteiger partial charge on any atom is 0.125 e. The van der Waals surface area contributed by atoms with Gasteiger partial charge in [-0.1, -0.05) is 30.3 Å². The van der Waals surface area contributed by atoms with Gasteiger partial charge >= 0.3 is 0 Å². The van der Waals surface area contributed by atoms with Gasteiger partial charge in [0.15, 0.2) is 0 Å². The third-order valence-corrected chi connectivity index (χ3v) is 2.95. The number of para-hydroxylation sites is 1. The van der Waals surface area contributed by atoms with E-state index in [1.54, 1.807) is 7.11 Å². The van der Waals surface area contributed by atoms with Crippen LogP contribution in [0.25, 0.3) is 0 Å². The van der Waals surface area contributed by atoms with Crippen molar-refractivity contribution < 1.29 is 9.47 Å². The van der Waals surface area contributed by atoms with Crippen molar-refractivity contribution in [1.82, 2.24) is 0 Å². The lowest BCUT2D eigenvalue weighted by molar-refractivity contribution is 0.296. The fourth-order valence-corrected chi connectivity index (χ4v) is 1.87. The molecule has 0 fully saturated rings. The second-order valence-corrected chi connectivity index (χ2v) is 4.15. The minimum atomic E-state index is 0.482. The molecule has 0 aliphatic carbocycles. The molecule has 3 heteroatoms. The monoisotopic (exact) mass is 262 g/mol. The van der Waals surface area contributed by atoms with E-state index >= 15 is 0 Å². The van der Waals surface area contributed by atoms with Crippen molar-refractivity contribution >= 4 is 11.6 Å². The molecule has 0 aliphatic heterocycles. The molecule has 0 aliphatic rings. The Morgan fingerprint density at radius 3 is 2.67 bits per heavy atom. The summed E-state index contributed by atoms with van der Waals surface area (Å²) in [5.41, 5.74) is 2.07. The Labute approximate surface area is 112 Å². The third-order valence-electron chi connectivity index (χ3n) is 2.64. The smallest absolute Gasteiger partial charge is 0.125 e. The van der Waals surface area contributed by atoms with E-state index in [4.69, 9.17) is 21.1 Å². The van der Waals surface area contributed by atoms with Crippen molar-refractivity contribution in [2.24, 2.45) is 0 Å². The van der Waals surface area contributed by atoms with Crippen molar-refractivity contribution in [3.8, 4) is 11.5 Å². The molecule has 0 unspecified atom stereocenters. The average Bonchev–Trinajstić information content (AvgIpc) is 2.45. The van der Waals surface area contributed by atoms with E-state index in [1.165, 1.54) is 0 Å². The number of hydrogen-bond acceptors (Lipinski definition) is 2. The van der Waals surface area contributed by atoms with Gasteiger partial charge in [-0.25, -0.2) is 0 Å². The molecule has 0 N–H and O–H groups in total. The van der Waals surface area contributed by atoms with Gasteiger partial charge < -0.3 is 9.47 Å². The molecule has 2 rings (SSSR count). The maximum absolute atomic E-state index is 5.79. The van der Waals surface area contributed by atoms with Crippen LogP contribution in [-0.2, 0) is 12.5 Å². The van der Waals surface area contributed by atoms with Gasteiger partial charge in [0, 0.05) is 11.4 Å². The van der Waals surface area contributed by atoms with Crippen LogP contribution in [0.3, 0.4) is 0 Å². The van der Waals surface area contributed by atoms with Gasteiger partial charge in [-0.3, -0.25) is 0 Å². The fourth-order valence-electron chi connectivity index (χ4n) is 1.70. The molecule has 0 radical (unpaired) electrons. The lowest BCUT2D eigenvalue weighted by Crippen LogP contribution is -1.98. The summed E-state index contributed by atoms with van der Waals surface area (Å²) in [6.45, 7) is 0.482. The van der Waals surface area contributed by atoms with E-state index < -0.39 is 0 Å². The summed E-state index contributed by atoms with van der Waals surface area (Å²) in [6.07, 6.45) is 0. The number of hydrogen-bond donors (Lipinski definition) is 0. The zero-order valence-corrected chi connectivity index (χ0v) is 11.0. The van der Waals surface area contributed by atoms with Gasteiger partial charge in [-0.2, -0.15) is 0 Å². The number of ether oxygens (including phenoxy) is 2. The maximum atomic E-state index is 5.79. The molecule has 0 saturated heterocycles. The molecule has 18 heavy (non-hydrogen) atoms. The lowest BCUT2D eigenvalue weighted by atomic mass is 10.2. The molecule has 0 heterocycles. The molecule has 2 aromatic rings. The summed E-state index contributed by atoms with van der Waals surface area (Å²) in [4.78, 5) is 0. The first-order valence-corrected chi connectivity index (χ1v) is 6.26. The zero-order chi connectivity index (χ0) is 12.8. The van der Waals surface area contributed by atoms with E-state index in [0.29, 0.717) is 12.5 Å². The highest BCUT2D eigenvalue weighted by Gasteiger charge is 2.02. The largest absolute Gasteiger partial charge is 0.496 e. The Morgan fingerprint density at radius 1 is 1.06 bits per heavy atom. The van der Waals surface area contributed by atoms with Crippen molar-refractivity contribution in [3.05, 3.63) is 59.7 Å². The normalized spacial score (nSPS) is 10.1. The van der Waals surface area contributed by atoms with Crippen molar-refractivity contribution in [1.29, 1.82) is 0 Å². The van der Waals surface area contributed by atoms with E-state index in [-0.39, 0.29) is 0 Å². The summed E-state index contributed by atoms with van der Waals surface area (Å²) < 4.78 is 11.0. The number of methoxy groups -OCH3 is 1. The highest BCUT2D eigenvalue weighted by Crippen LogP contribution is 2.21. The minimum absolute atomic E-state index is 0.482. The van der Waals surface area contributed by atoms with Crippen LogP contribution in [0, 0.1) is 0 Å². The van der Waals surface area contributed by atoms with Gasteiger partial charge in [-0.05, 0) is 23.8 Å². The summed E-state index contributed by atoms with van der Waals surface area (Å²) in [5.74, 6) is 2.15. The Balaban J connectivity index is 2.06. The summed E-state index contributed by atoms with van der Waals surface area (Å²) >= 11 is 5.79. The highest BCUT2D eigenvalue weighted by molar-refractivity contribution is 6.17. The van der Waals surface area contributed by atoms with Crippen LogP contribution in [0.5, 0.6) is 11.5 Å². The standard InChI is InChI=1S/C15H15ClO2/c1-17-15-8-3-2-6-13(15)11-18-14-7-4-5-12(9-14)10-16/h2-9H,10-11H2,1H3. The Kier molecular flexibility index (Phi) is 4.48. The van der Waals surface area contributed by atoms with Gasteiger partial charge in [-0.15, -0.1) is 11.6 Å². The molecule has 2 nitrogen and oxygen atoms in total. The van der Waals surface area contributed by atoms with E-state index in [2.05, 4.69) is 0 Å². The van der Waals surface area contributed by atoms with E-state index in [0.717, 1.165) is 22.6 Å². The van der Waals surface area contributed by atoms with Crippen LogP contribution in [-0.4, -0.2) is 7.11 Å². The number of rotatable bonds is 5. The Bertz CT molecular complexity index is 511. The topological polar surface area (TPSA) is 18.5 Å². The predicted octanol–water partition coefficient (Wildman–Crippen LogP) is 4.01. The van der Waals surface area contributed by atoms with Crippen LogP contribution < -0.4 is 9.47 Å². The van der Waals surface area contributed by atoms with Crippen LogP contribution in [0.4, 0.5) is 0 Å². The fraction of sp³-hybridized carbons (Fsp3) is 0.200. The highest BCUT2D eigenvalue weighted by atomic mass is 35.5. The van der Waals surface area contributed by atoms with Gasteiger partial charge in [0.05, 0.1) is 7.11 Å². The van der Waals surface area contributed by atoms with Crippen molar-refractivity contribution in [2.45, 2.75) is 12.5 Å². The zero-order valence-electron chi connectivity index (χ0n) is 10.2. The molecule has 0 atom stereocenters. The quantitative estimate of drug-likeness (QED) is 0.758. The predicted molar refractivity (Wildman–Crippen MR) is 73.3 cm³/mol. The SMILES string of the molecule is COc1ccccc1COc1cccc(CCl)c1. The molecule has 0 aromatic heterocycles. The van der Waals surface area contributed by atoms with Crippen molar-refractivity contribution in [3.63, 3.8) is 0 Å². The molecule has 0 spiro atoms. The minimum Gasteiger partial charge on any atom is -0.496 e. The van der Waals surface area contributed by atoms with Gasteiger partial charge in [0.1, 0.15) is 18.1 Å². The number of halogens is 1. The second-order valence-electron chi connectivity index (χ2n) is 3.88. The van der Waals surface area contributed by atoms with E-state index in [9.17, 15) is 0 Å². The first-order chi connectivity index (χ1) is 8.83. The first kappa shape index (κ1) is 12.8. The molecular weight excluding hydrogens is 248 g/mol. The van der Waals surface area contributed by atoms with Crippen LogP contribution in [0.2, 0.25) is 0 Å². The van der Waals surface area contributed by atoms with Crippen LogP contribution in [0.15, 0.2) is 48.5 Å². The van der Waals surface area contributed by atoms with Gasteiger partial charge in [0.2, 0.25) is 0 Å². The molecule has 0 saturated carbocycles. The molecular formula is C15H15ClO2. The van der Waals surface area contributed by atoms with Crippen molar-refractivity contribution in [2.75, 3.05) is 7.11 Å². The van der Waals surface area contributed by atoms with E-state index in [1.807, 2.05) is 48.5 Å². The third kappa shape index (κ3) is 3.17.